The fourth-order valence-electron chi connectivity index (χ4n) is 3.39. The van der Waals surface area contributed by atoms with E-state index in [-0.39, 0.29) is 29.3 Å². The molecule has 186 valence electrons. The number of non-ortho nitro benzene ring substituents is 1. The number of benzene rings is 3. The number of anilines is 1. The molecular weight excluding hydrogens is 494 g/mol. The van der Waals surface area contributed by atoms with E-state index in [1.807, 2.05) is 18.2 Å². The van der Waals surface area contributed by atoms with E-state index < -0.39 is 10.9 Å². The van der Waals surface area contributed by atoms with Gasteiger partial charge in [0, 0.05) is 35.0 Å². The summed E-state index contributed by atoms with van der Waals surface area (Å²) in [5.41, 5.74) is 1.84. The number of carbonyl (C=O) groups is 2. The zero-order valence-corrected chi connectivity index (χ0v) is 20.2. The van der Waals surface area contributed by atoms with Gasteiger partial charge in [0.2, 0.25) is 11.8 Å². The van der Waals surface area contributed by atoms with Gasteiger partial charge in [0.05, 0.1) is 22.6 Å². The second-order valence-corrected chi connectivity index (χ2v) is 8.92. The molecule has 4 rings (SSSR count). The van der Waals surface area contributed by atoms with Crippen molar-refractivity contribution in [1.29, 1.82) is 0 Å². The molecule has 37 heavy (non-hydrogen) atoms. The molecule has 0 aliphatic heterocycles. The molecule has 0 saturated carbocycles. The summed E-state index contributed by atoms with van der Waals surface area (Å²) >= 11 is 1.56. The number of ether oxygens (including phenoxy) is 1. The number of aromatic carboxylic acids is 1. The number of carbonyl (C=O) groups excluding carboxylic acids is 1. The van der Waals surface area contributed by atoms with E-state index in [4.69, 9.17) is 4.74 Å². The maximum absolute atomic E-state index is 12.4. The van der Waals surface area contributed by atoms with Crippen molar-refractivity contribution in [3.8, 4) is 11.6 Å². The van der Waals surface area contributed by atoms with Crippen LogP contribution < -0.4 is 10.1 Å². The monoisotopic (exact) mass is 515 g/mol. The zero-order valence-electron chi connectivity index (χ0n) is 19.4. The molecular formula is C27H21N3O6S. The van der Waals surface area contributed by atoms with Crippen molar-refractivity contribution in [3.63, 3.8) is 0 Å². The Morgan fingerprint density at radius 3 is 2.46 bits per heavy atom. The molecule has 4 aromatic rings. The minimum atomic E-state index is -1.12. The molecule has 3 aromatic carbocycles. The van der Waals surface area contributed by atoms with Gasteiger partial charge in [0.1, 0.15) is 5.75 Å². The number of pyridine rings is 1. The van der Waals surface area contributed by atoms with Crippen LogP contribution in [0.1, 0.15) is 21.5 Å². The maximum Gasteiger partial charge on any atom is 0.337 e. The summed E-state index contributed by atoms with van der Waals surface area (Å²) in [5, 5.41) is 22.8. The van der Waals surface area contributed by atoms with Crippen LogP contribution >= 0.6 is 11.8 Å². The van der Waals surface area contributed by atoms with Crippen LogP contribution in [0.2, 0.25) is 0 Å². The number of carboxylic acids is 1. The number of para-hydroxylation sites is 1. The van der Waals surface area contributed by atoms with Gasteiger partial charge in [0.25, 0.3) is 5.69 Å². The van der Waals surface area contributed by atoms with Gasteiger partial charge in [-0.1, -0.05) is 30.3 Å². The average Bonchev–Trinajstić information content (AvgIpc) is 2.90. The van der Waals surface area contributed by atoms with Crippen LogP contribution in [-0.2, 0) is 17.0 Å². The number of thioether (sulfide) groups is 1. The van der Waals surface area contributed by atoms with Crippen LogP contribution in [0.3, 0.4) is 0 Å². The number of hydrogen-bond acceptors (Lipinski definition) is 7. The molecule has 0 aliphatic carbocycles. The van der Waals surface area contributed by atoms with Crippen molar-refractivity contribution < 1.29 is 24.4 Å². The Bertz CT molecular complexity index is 1430. The number of nitrogens with zero attached hydrogens (tertiary/aromatic N) is 2. The number of nitrogens with one attached hydrogen (secondary N) is 1. The summed E-state index contributed by atoms with van der Waals surface area (Å²) < 4.78 is 5.77. The van der Waals surface area contributed by atoms with Crippen molar-refractivity contribution in [1.82, 2.24) is 4.98 Å². The lowest BCUT2D eigenvalue weighted by molar-refractivity contribution is -0.384. The first-order chi connectivity index (χ1) is 17.9. The SMILES string of the molecule is O=C(Cc1ccc(Oc2ccc(SCc3cccc([N+](=O)[O-])c3)cc2)nc1)Nc1ccccc1C(=O)O. The second kappa shape index (κ2) is 11.8. The number of amides is 1. The molecule has 0 fully saturated rings. The van der Waals surface area contributed by atoms with E-state index in [9.17, 15) is 24.8 Å². The number of carboxylic acid groups (broad SMARTS) is 1. The Balaban J connectivity index is 1.29. The molecule has 9 nitrogen and oxygen atoms in total. The lowest BCUT2D eigenvalue weighted by atomic mass is 10.1. The Kier molecular flexibility index (Phi) is 8.11. The summed E-state index contributed by atoms with van der Waals surface area (Å²) in [6, 6.07) is 23.5. The minimum Gasteiger partial charge on any atom is -0.478 e. The van der Waals surface area contributed by atoms with Crippen molar-refractivity contribution in [2.45, 2.75) is 17.1 Å². The second-order valence-electron chi connectivity index (χ2n) is 7.87. The number of nitro benzene ring substituents is 1. The van der Waals surface area contributed by atoms with Crippen LogP contribution in [0.4, 0.5) is 11.4 Å². The largest absolute Gasteiger partial charge is 0.478 e. The molecule has 10 heteroatoms. The summed E-state index contributed by atoms with van der Waals surface area (Å²) in [5.74, 6) is 0.0660. The van der Waals surface area contributed by atoms with Crippen molar-refractivity contribution in [2.75, 3.05) is 5.32 Å². The zero-order chi connectivity index (χ0) is 26.2. The van der Waals surface area contributed by atoms with Crippen molar-refractivity contribution >= 4 is 35.0 Å². The van der Waals surface area contributed by atoms with Crippen LogP contribution in [0.15, 0.2) is 96.0 Å². The molecule has 1 aromatic heterocycles. The topological polar surface area (TPSA) is 132 Å². The van der Waals surface area contributed by atoms with E-state index in [2.05, 4.69) is 10.3 Å². The number of nitro groups is 1. The maximum atomic E-state index is 12.4. The molecule has 0 radical (unpaired) electrons. The molecule has 0 unspecified atom stereocenters. The molecule has 0 aliphatic rings. The highest BCUT2D eigenvalue weighted by Crippen LogP contribution is 2.28. The van der Waals surface area contributed by atoms with Gasteiger partial charge < -0.3 is 15.2 Å². The van der Waals surface area contributed by atoms with Crippen LogP contribution in [0, 0.1) is 10.1 Å². The first-order valence-corrected chi connectivity index (χ1v) is 12.1. The minimum absolute atomic E-state index is 0.0196. The van der Waals surface area contributed by atoms with Gasteiger partial charge in [-0.25, -0.2) is 9.78 Å². The van der Waals surface area contributed by atoms with Gasteiger partial charge in [-0.2, -0.15) is 0 Å². The normalized spacial score (nSPS) is 10.5. The van der Waals surface area contributed by atoms with Gasteiger partial charge in [-0.05, 0) is 47.5 Å². The molecule has 0 saturated heterocycles. The third-order valence-corrected chi connectivity index (χ3v) is 6.25. The van der Waals surface area contributed by atoms with E-state index in [1.54, 1.807) is 60.3 Å². The quantitative estimate of drug-likeness (QED) is 0.150. The van der Waals surface area contributed by atoms with E-state index in [0.29, 0.717) is 22.9 Å². The van der Waals surface area contributed by atoms with E-state index >= 15 is 0 Å². The van der Waals surface area contributed by atoms with E-state index in [1.165, 1.54) is 24.4 Å². The Morgan fingerprint density at radius 2 is 1.76 bits per heavy atom. The number of aromatic nitrogens is 1. The van der Waals surface area contributed by atoms with Crippen LogP contribution in [0.5, 0.6) is 11.6 Å². The lowest BCUT2D eigenvalue weighted by Crippen LogP contribution is -2.16. The predicted molar refractivity (Wildman–Crippen MR) is 139 cm³/mol. The van der Waals surface area contributed by atoms with Gasteiger partial charge in [-0.15, -0.1) is 11.8 Å². The lowest BCUT2D eigenvalue weighted by Gasteiger charge is -2.09. The molecule has 1 amide bonds. The first kappa shape index (κ1) is 25.4. The Morgan fingerprint density at radius 1 is 0.973 bits per heavy atom. The Labute approximate surface area is 216 Å². The van der Waals surface area contributed by atoms with Gasteiger partial charge in [0.15, 0.2) is 0 Å². The fourth-order valence-corrected chi connectivity index (χ4v) is 4.23. The summed E-state index contributed by atoms with van der Waals surface area (Å²) in [7, 11) is 0. The van der Waals surface area contributed by atoms with Gasteiger partial charge in [-0.3, -0.25) is 14.9 Å². The summed E-state index contributed by atoms with van der Waals surface area (Å²) in [4.78, 5) is 39.4. The first-order valence-electron chi connectivity index (χ1n) is 11.1. The summed E-state index contributed by atoms with van der Waals surface area (Å²) in [6.45, 7) is 0. The highest BCUT2D eigenvalue weighted by Gasteiger charge is 2.12. The van der Waals surface area contributed by atoms with Gasteiger partial charge >= 0.3 is 5.97 Å². The molecule has 0 spiro atoms. The predicted octanol–water partition coefficient (Wildman–Crippen LogP) is 5.95. The molecule has 2 N–H and O–H groups in total. The highest BCUT2D eigenvalue weighted by molar-refractivity contribution is 7.98. The van der Waals surface area contributed by atoms with E-state index in [0.717, 1.165) is 10.5 Å². The summed E-state index contributed by atoms with van der Waals surface area (Å²) in [6.07, 6.45) is 1.55. The average molecular weight is 516 g/mol. The molecule has 0 atom stereocenters. The van der Waals surface area contributed by atoms with Crippen molar-refractivity contribution in [2.24, 2.45) is 0 Å². The molecule has 1 heterocycles. The highest BCUT2D eigenvalue weighted by atomic mass is 32.2. The number of rotatable bonds is 10. The van der Waals surface area contributed by atoms with Crippen LogP contribution in [-0.4, -0.2) is 26.9 Å². The van der Waals surface area contributed by atoms with Crippen molar-refractivity contribution in [3.05, 3.63) is 118 Å². The third kappa shape index (κ3) is 7.15. The number of hydrogen-bond donors (Lipinski definition) is 2. The fraction of sp³-hybridized carbons (Fsp3) is 0.0741. The molecule has 0 bridgehead atoms. The standard InChI is InChI=1S/C27H21N3O6S/c31-25(29-24-7-2-1-6-23(24)27(32)33)15-18-8-13-26(28-16-18)36-21-9-11-22(12-10-21)37-17-19-4-3-5-20(14-19)30(34)35/h1-14,16H,15,17H2,(H,29,31)(H,32,33). The smallest absolute Gasteiger partial charge is 0.337 e. The third-order valence-electron chi connectivity index (χ3n) is 5.17. The van der Waals surface area contributed by atoms with Crippen LogP contribution in [0.25, 0.3) is 0 Å². The Hall–Kier alpha value is -4.70.